The summed E-state index contributed by atoms with van der Waals surface area (Å²) in [4.78, 5) is 3.90. The van der Waals surface area contributed by atoms with Crippen molar-refractivity contribution < 1.29 is 5.11 Å². The van der Waals surface area contributed by atoms with Gasteiger partial charge in [0.15, 0.2) is 0 Å². The second kappa shape index (κ2) is 4.58. The van der Waals surface area contributed by atoms with Gasteiger partial charge in [-0.05, 0) is 18.1 Å². The average Bonchev–Trinajstić information content (AvgIpc) is 2.16. The number of nitrogens with zero attached hydrogens (tertiary/aromatic N) is 1. The molecule has 13 heavy (non-hydrogen) atoms. The van der Waals surface area contributed by atoms with Crippen molar-refractivity contribution in [1.29, 1.82) is 0 Å². The van der Waals surface area contributed by atoms with Gasteiger partial charge in [-0.3, -0.25) is 4.98 Å². The van der Waals surface area contributed by atoms with E-state index in [4.69, 9.17) is 11.6 Å². The molecule has 0 aliphatic heterocycles. The van der Waals surface area contributed by atoms with Crippen LogP contribution in [0.15, 0.2) is 18.5 Å². The highest BCUT2D eigenvalue weighted by molar-refractivity contribution is 6.31. The third-order valence-electron chi connectivity index (χ3n) is 2.29. The van der Waals surface area contributed by atoms with Crippen LogP contribution in [0, 0.1) is 0 Å². The fourth-order valence-corrected chi connectivity index (χ4v) is 1.61. The molecule has 0 radical (unpaired) electrons. The number of pyridine rings is 1. The van der Waals surface area contributed by atoms with Crippen molar-refractivity contribution in [2.24, 2.45) is 0 Å². The molecule has 0 bridgehead atoms. The van der Waals surface area contributed by atoms with E-state index in [2.05, 4.69) is 4.98 Å². The Morgan fingerprint density at radius 2 is 2.31 bits per heavy atom. The van der Waals surface area contributed by atoms with Crippen LogP contribution in [-0.4, -0.2) is 16.2 Å². The molecule has 0 spiro atoms. The van der Waals surface area contributed by atoms with Crippen LogP contribution in [0.4, 0.5) is 0 Å². The number of hydrogen-bond acceptors (Lipinski definition) is 2. The van der Waals surface area contributed by atoms with Gasteiger partial charge < -0.3 is 5.11 Å². The van der Waals surface area contributed by atoms with Crippen LogP contribution >= 0.6 is 11.6 Å². The topological polar surface area (TPSA) is 33.1 Å². The summed E-state index contributed by atoms with van der Waals surface area (Å²) in [6.07, 6.45) is 3.70. The van der Waals surface area contributed by atoms with Gasteiger partial charge in [-0.2, -0.15) is 0 Å². The van der Waals surface area contributed by atoms with E-state index in [0.29, 0.717) is 5.02 Å². The number of aliphatic hydroxyl groups excluding tert-OH is 1. The van der Waals surface area contributed by atoms with Crippen LogP contribution in [-0.2, 0) is 0 Å². The van der Waals surface area contributed by atoms with Crippen LogP contribution in [0.2, 0.25) is 5.02 Å². The number of halogens is 1. The summed E-state index contributed by atoms with van der Waals surface area (Å²) in [6.45, 7) is 3.92. The molecule has 1 rings (SSSR count). The van der Waals surface area contributed by atoms with Crippen molar-refractivity contribution in [3.8, 4) is 0 Å². The molecule has 0 aromatic carbocycles. The molecule has 2 nitrogen and oxygen atoms in total. The minimum absolute atomic E-state index is 0.0699. The van der Waals surface area contributed by atoms with Crippen molar-refractivity contribution in [2.45, 2.75) is 32.3 Å². The molecular formula is C10H14ClNO. The number of hydrogen-bond donors (Lipinski definition) is 1. The zero-order valence-corrected chi connectivity index (χ0v) is 8.62. The van der Waals surface area contributed by atoms with Crippen molar-refractivity contribution in [2.75, 3.05) is 0 Å². The molecule has 1 aromatic heterocycles. The molecule has 1 aromatic rings. The van der Waals surface area contributed by atoms with E-state index in [-0.39, 0.29) is 12.0 Å². The van der Waals surface area contributed by atoms with Crippen LogP contribution in [0.3, 0.4) is 0 Å². The lowest BCUT2D eigenvalue weighted by Gasteiger charge is -2.18. The van der Waals surface area contributed by atoms with E-state index in [0.717, 1.165) is 12.0 Å². The molecule has 0 amide bonds. The van der Waals surface area contributed by atoms with Crippen LogP contribution in [0.25, 0.3) is 0 Å². The second-order valence-corrected chi connectivity index (χ2v) is 3.57. The van der Waals surface area contributed by atoms with E-state index in [1.165, 1.54) is 0 Å². The van der Waals surface area contributed by atoms with Gasteiger partial charge >= 0.3 is 0 Å². The van der Waals surface area contributed by atoms with Gasteiger partial charge in [-0.1, -0.05) is 25.4 Å². The zero-order valence-electron chi connectivity index (χ0n) is 7.87. The lowest BCUT2D eigenvalue weighted by Crippen LogP contribution is -2.14. The molecule has 0 aliphatic carbocycles. The highest BCUT2D eigenvalue weighted by atomic mass is 35.5. The minimum atomic E-state index is -0.333. The molecule has 0 fully saturated rings. The second-order valence-electron chi connectivity index (χ2n) is 3.16. The van der Waals surface area contributed by atoms with Gasteiger partial charge in [0, 0.05) is 18.3 Å². The van der Waals surface area contributed by atoms with Crippen LogP contribution < -0.4 is 0 Å². The van der Waals surface area contributed by atoms with Gasteiger partial charge in [0.25, 0.3) is 0 Å². The Bertz CT molecular complexity index is 277. The van der Waals surface area contributed by atoms with Crippen molar-refractivity contribution in [3.63, 3.8) is 0 Å². The predicted octanol–water partition coefficient (Wildman–Crippen LogP) is 2.61. The summed E-state index contributed by atoms with van der Waals surface area (Å²) in [7, 11) is 0. The maximum absolute atomic E-state index is 9.63. The lowest BCUT2D eigenvalue weighted by atomic mass is 9.95. The maximum Gasteiger partial charge on any atom is 0.0624 e. The van der Waals surface area contributed by atoms with Crippen LogP contribution in [0.1, 0.15) is 31.7 Å². The van der Waals surface area contributed by atoms with Gasteiger partial charge in [-0.15, -0.1) is 0 Å². The largest absolute Gasteiger partial charge is 0.393 e. The molecule has 2 atom stereocenters. The molecule has 0 aliphatic rings. The summed E-state index contributed by atoms with van der Waals surface area (Å²) in [6, 6.07) is 1.85. The van der Waals surface area contributed by atoms with Gasteiger partial charge in [-0.25, -0.2) is 0 Å². The van der Waals surface area contributed by atoms with E-state index in [1.54, 1.807) is 12.4 Å². The maximum atomic E-state index is 9.63. The first kappa shape index (κ1) is 10.5. The predicted molar refractivity (Wildman–Crippen MR) is 54.0 cm³/mol. The van der Waals surface area contributed by atoms with Gasteiger partial charge in [0.1, 0.15) is 0 Å². The molecule has 2 unspecified atom stereocenters. The molecule has 0 saturated heterocycles. The van der Waals surface area contributed by atoms with Gasteiger partial charge in [0.2, 0.25) is 0 Å². The van der Waals surface area contributed by atoms with Gasteiger partial charge in [0.05, 0.1) is 11.1 Å². The summed E-state index contributed by atoms with van der Waals surface area (Å²) >= 11 is 5.95. The Kier molecular flexibility index (Phi) is 3.70. The number of aliphatic hydroxyl groups is 1. The highest BCUT2D eigenvalue weighted by Crippen LogP contribution is 2.26. The first-order chi connectivity index (χ1) is 6.16. The molecule has 3 heteroatoms. The quantitative estimate of drug-likeness (QED) is 0.812. The average molecular weight is 200 g/mol. The SMILES string of the molecule is CCC(O)C(C)c1ccncc1Cl. The van der Waals surface area contributed by atoms with Crippen LogP contribution in [0.5, 0.6) is 0 Å². The highest BCUT2D eigenvalue weighted by Gasteiger charge is 2.16. The minimum Gasteiger partial charge on any atom is -0.393 e. The van der Waals surface area contributed by atoms with Crippen molar-refractivity contribution in [3.05, 3.63) is 29.0 Å². The van der Waals surface area contributed by atoms with E-state index in [1.807, 2.05) is 19.9 Å². The monoisotopic (exact) mass is 199 g/mol. The smallest absolute Gasteiger partial charge is 0.0624 e. The Labute approximate surface area is 83.6 Å². The number of rotatable bonds is 3. The molecular weight excluding hydrogens is 186 g/mol. The Hall–Kier alpha value is -0.600. The van der Waals surface area contributed by atoms with E-state index in [9.17, 15) is 5.11 Å². The first-order valence-electron chi connectivity index (χ1n) is 4.44. The Morgan fingerprint density at radius 1 is 1.62 bits per heavy atom. The Balaban J connectivity index is 2.88. The third-order valence-corrected chi connectivity index (χ3v) is 2.61. The van der Waals surface area contributed by atoms with Crippen molar-refractivity contribution >= 4 is 11.6 Å². The fraction of sp³-hybridized carbons (Fsp3) is 0.500. The van der Waals surface area contributed by atoms with Crippen molar-refractivity contribution in [1.82, 2.24) is 4.98 Å². The molecule has 1 N–H and O–H groups in total. The fourth-order valence-electron chi connectivity index (χ4n) is 1.32. The Morgan fingerprint density at radius 3 is 2.85 bits per heavy atom. The normalized spacial score (nSPS) is 15.4. The third kappa shape index (κ3) is 2.42. The number of aromatic nitrogens is 1. The summed E-state index contributed by atoms with van der Waals surface area (Å²) in [5, 5.41) is 10.3. The molecule has 1 heterocycles. The standard InChI is InChI=1S/C10H14ClNO/c1-3-10(13)7(2)8-4-5-12-6-9(8)11/h4-7,10,13H,3H2,1-2H3. The first-order valence-corrected chi connectivity index (χ1v) is 4.82. The molecule has 0 saturated carbocycles. The zero-order chi connectivity index (χ0) is 9.84. The lowest BCUT2D eigenvalue weighted by molar-refractivity contribution is 0.145. The molecule has 72 valence electrons. The summed E-state index contributed by atoms with van der Waals surface area (Å²) < 4.78 is 0. The summed E-state index contributed by atoms with van der Waals surface area (Å²) in [5.41, 5.74) is 0.964. The van der Waals surface area contributed by atoms with E-state index >= 15 is 0 Å². The van der Waals surface area contributed by atoms with E-state index < -0.39 is 0 Å². The summed E-state index contributed by atoms with van der Waals surface area (Å²) in [5.74, 6) is 0.0699.